The van der Waals surface area contributed by atoms with E-state index in [1.807, 2.05) is 12.2 Å². The van der Waals surface area contributed by atoms with Gasteiger partial charge in [0.2, 0.25) is 0 Å². The molecule has 0 aromatic rings. The van der Waals surface area contributed by atoms with Crippen LogP contribution in [0.15, 0.2) is 59.3 Å². The number of fused-ring (bicyclic) bond motifs is 1. The number of hydrogen-bond acceptors (Lipinski definition) is 1. The van der Waals surface area contributed by atoms with E-state index in [4.69, 9.17) is 0 Å². The predicted octanol–water partition coefficient (Wildman–Crippen LogP) is 12.6. The summed E-state index contributed by atoms with van der Waals surface area (Å²) in [7, 11) is 0. The summed E-state index contributed by atoms with van der Waals surface area (Å²) >= 11 is 0. The summed E-state index contributed by atoms with van der Waals surface area (Å²) in [6, 6.07) is 0. The van der Waals surface area contributed by atoms with Crippen LogP contribution in [0.5, 0.6) is 0 Å². The standard InChI is InChI=1S/C42H63F3O/c1-4-31-10-8-12-32(13-9-11-31)18-22-34-23-19-33(27-40(34)42(43,44)45)20-25-41(46)36-21-17-30(3)39(28-36)38-24-16-29(2)26-35-14-6-5-7-15-37(35)38/h4,15,20-21,25,30,32-35,38-41,46H,2,5-14,16-19,22-24,26-28H2,1,3H3. The Morgan fingerprint density at radius 2 is 1.72 bits per heavy atom. The van der Waals surface area contributed by atoms with Crippen molar-refractivity contribution in [3.63, 3.8) is 0 Å². The molecule has 3 saturated carbocycles. The normalized spacial score (nSPS) is 36.0. The van der Waals surface area contributed by atoms with Gasteiger partial charge in [-0.25, -0.2) is 0 Å². The third-order valence-electron chi connectivity index (χ3n) is 13.1. The van der Waals surface area contributed by atoms with Crippen LogP contribution in [0.2, 0.25) is 0 Å². The van der Waals surface area contributed by atoms with Gasteiger partial charge in [0.05, 0.1) is 12.0 Å². The lowest BCUT2D eigenvalue weighted by molar-refractivity contribution is -0.200. The van der Waals surface area contributed by atoms with Gasteiger partial charge in [0, 0.05) is 0 Å². The summed E-state index contributed by atoms with van der Waals surface area (Å²) < 4.78 is 43.1. The first-order valence-electron chi connectivity index (χ1n) is 19.2. The number of allylic oxidation sites excluding steroid dienone is 7. The fraction of sp³-hybridized carbons (Fsp3) is 0.762. The molecule has 0 bridgehead atoms. The molecule has 5 aliphatic carbocycles. The molecule has 0 amide bonds. The van der Waals surface area contributed by atoms with E-state index in [0.29, 0.717) is 42.4 Å². The number of aliphatic hydroxyl groups excluding tert-OH is 1. The SMILES string of the molecule is C=C1CCC(C2CC(C(O)C=CC3CCC(CCC4CCCC(=CC)CCC4)C(C(F)(F)F)C3)=CCC2C)C2=CCCCCC2C1. The molecule has 0 spiro atoms. The average Bonchev–Trinajstić information content (AvgIpc) is 3.33. The summed E-state index contributed by atoms with van der Waals surface area (Å²) in [5, 5.41) is 11.4. The molecule has 1 N–H and O–H groups in total. The van der Waals surface area contributed by atoms with Gasteiger partial charge in [0.15, 0.2) is 0 Å². The molecule has 0 heterocycles. The van der Waals surface area contributed by atoms with Gasteiger partial charge >= 0.3 is 6.18 Å². The molecule has 0 radical (unpaired) electrons. The van der Waals surface area contributed by atoms with Crippen molar-refractivity contribution in [1.29, 1.82) is 0 Å². The molecule has 0 aromatic heterocycles. The quantitative estimate of drug-likeness (QED) is 0.275. The molecule has 8 unspecified atom stereocenters. The third kappa shape index (κ3) is 9.54. The topological polar surface area (TPSA) is 20.2 Å². The van der Waals surface area contributed by atoms with Gasteiger partial charge in [-0.2, -0.15) is 13.2 Å². The fourth-order valence-electron chi connectivity index (χ4n) is 10.2. The Balaban J connectivity index is 1.17. The summed E-state index contributed by atoms with van der Waals surface area (Å²) in [6.07, 6.45) is 26.6. The number of rotatable bonds is 7. The lowest BCUT2D eigenvalue weighted by Gasteiger charge is -2.38. The van der Waals surface area contributed by atoms with E-state index >= 15 is 0 Å². The molecule has 3 fully saturated rings. The van der Waals surface area contributed by atoms with Crippen molar-refractivity contribution in [3.8, 4) is 0 Å². The van der Waals surface area contributed by atoms with E-state index in [2.05, 4.69) is 38.7 Å². The molecule has 0 aromatic carbocycles. The van der Waals surface area contributed by atoms with Gasteiger partial charge in [-0.3, -0.25) is 0 Å². The van der Waals surface area contributed by atoms with Crippen molar-refractivity contribution in [2.45, 2.75) is 155 Å². The lowest BCUT2D eigenvalue weighted by atomic mass is 9.67. The predicted molar refractivity (Wildman–Crippen MR) is 186 cm³/mol. The minimum absolute atomic E-state index is 0.109. The zero-order valence-corrected chi connectivity index (χ0v) is 29.0. The molecule has 4 heteroatoms. The summed E-state index contributed by atoms with van der Waals surface area (Å²) in [5.74, 6) is 1.25. The summed E-state index contributed by atoms with van der Waals surface area (Å²) in [4.78, 5) is 0. The molecular formula is C42H63F3O. The van der Waals surface area contributed by atoms with Gasteiger partial charge < -0.3 is 5.11 Å². The molecule has 0 saturated heterocycles. The Kier molecular flexibility index (Phi) is 13.0. The fourth-order valence-corrected chi connectivity index (χ4v) is 10.2. The van der Waals surface area contributed by atoms with Crippen molar-refractivity contribution in [2.24, 2.45) is 47.3 Å². The molecule has 5 rings (SSSR count). The zero-order chi connectivity index (χ0) is 32.7. The largest absolute Gasteiger partial charge is 0.392 e. The monoisotopic (exact) mass is 640 g/mol. The van der Waals surface area contributed by atoms with Crippen LogP contribution in [0.3, 0.4) is 0 Å². The lowest BCUT2D eigenvalue weighted by Crippen LogP contribution is -2.36. The van der Waals surface area contributed by atoms with Crippen LogP contribution in [0, 0.1) is 47.3 Å². The van der Waals surface area contributed by atoms with Gasteiger partial charge in [-0.05, 0) is 157 Å². The first-order chi connectivity index (χ1) is 22.1. The first kappa shape index (κ1) is 35.7. The highest BCUT2D eigenvalue weighted by Crippen LogP contribution is 2.49. The molecule has 258 valence electrons. The van der Waals surface area contributed by atoms with E-state index in [1.165, 1.54) is 44.1 Å². The van der Waals surface area contributed by atoms with Crippen molar-refractivity contribution in [1.82, 2.24) is 0 Å². The Labute approximate surface area is 279 Å². The number of aliphatic hydroxyl groups is 1. The Hall–Kier alpha value is -1.55. The minimum Gasteiger partial charge on any atom is -0.385 e. The Morgan fingerprint density at radius 1 is 0.935 bits per heavy atom. The molecule has 5 aliphatic rings. The summed E-state index contributed by atoms with van der Waals surface area (Å²) in [6.45, 7) is 8.91. The second-order valence-electron chi connectivity index (χ2n) is 16.1. The van der Waals surface area contributed by atoms with Crippen LogP contribution in [0.25, 0.3) is 0 Å². The van der Waals surface area contributed by atoms with Crippen LogP contribution in [0.4, 0.5) is 13.2 Å². The van der Waals surface area contributed by atoms with E-state index in [-0.39, 0.29) is 18.3 Å². The van der Waals surface area contributed by atoms with Crippen molar-refractivity contribution >= 4 is 0 Å². The van der Waals surface area contributed by atoms with Crippen LogP contribution in [-0.2, 0) is 0 Å². The van der Waals surface area contributed by atoms with E-state index < -0.39 is 18.2 Å². The average molecular weight is 641 g/mol. The van der Waals surface area contributed by atoms with Gasteiger partial charge in [0.1, 0.15) is 0 Å². The van der Waals surface area contributed by atoms with E-state index in [0.717, 1.165) is 76.2 Å². The van der Waals surface area contributed by atoms with E-state index in [9.17, 15) is 18.3 Å². The molecule has 0 aliphatic heterocycles. The number of alkyl halides is 3. The third-order valence-corrected chi connectivity index (χ3v) is 13.1. The molecular weight excluding hydrogens is 577 g/mol. The second kappa shape index (κ2) is 16.7. The van der Waals surface area contributed by atoms with Crippen molar-refractivity contribution in [3.05, 3.63) is 59.3 Å². The second-order valence-corrected chi connectivity index (χ2v) is 16.1. The van der Waals surface area contributed by atoms with Crippen LogP contribution in [-0.4, -0.2) is 17.4 Å². The van der Waals surface area contributed by atoms with Crippen LogP contribution >= 0.6 is 0 Å². The van der Waals surface area contributed by atoms with Crippen molar-refractivity contribution in [2.75, 3.05) is 0 Å². The van der Waals surface area contributed by atoms with Crippen LogP contribution < -0.4 is 0 Å². The maximum Gasteiger partial charge on any atom is 0.392 e. The highest BCUT2D eigenvalue weighted by atomic mass is 19.4. The Bertz CT molecular complexity index is 1110. The first-order valence-corrected chi connectivity index (χ1v) is 19.2. The molecule has 46 heavy (non-hydrogen) atoms. The molecule has 1 nitrogen and oxygen atoms in total. The zero-order valence-electron chi connectivity index (χ0n) is 29.0. The maximum absolute atomic E-state index is 14.4. The minimum atomic E-state index is -4.15. The van der Waals surface area contributed by atoms with Crippen molar-refractivity contribution < 1.29 is 18.3 Å². The van der Waals surface area contributed by atoms with Gasteiger partial charge in [0.25, 0.3) is 0 Å². The molecule has 8 atom stereocenters. The van der Waals surface area contributed by atoms with Gasteiger partial charge in [-0.15, -0.1) is 0 Å². The highest BCUT2D eigenvalue weighted by molar-refractivity contribution is 5.25. The van der Waals surface area contributed by atoms with Gasteiger partial charge in [-0.1, -0.05) is 86.3 Å². The van der Waals surface area contributed by atoms with E-state index in [1.54, 1.807) is 11.1 Å². The Morgan fingerprint density at radius 3 is 2.46 bits per heavy atom. The smallest absolute Gasteiger partial charge is 0.385 e. The van der Waals surface area contributed by atoms with Crippen LogP contribution in [0.1, 0.15) is 142 Å². The number of halogens is 3. The number of hydrogen-bond donors (Lipinski definition) is 1. The maximum atomic E-state index is 14.4. The highest BCUT2D eigenvalue weighted by Gasteiger charge is 2.47. The summed E-state index contributed by atoms with van der Waals surface area (Å²) in [5.41, 5.74) is 5.71.